The van der Waals surface area contributed by atoms with Gasteiger partial charge in [-0.1, -0.05) is 18.2 Å². The maximum absolute atomic E-state index is 14.7. The molecule has 1 aromatic carbocycles. The Morgan fingerprint density at radius 2 is 1.79 bits per heavy atom. The molecule has 6 nitrogen and oxygen atoms in total. The highest BCUT2D eigenvalue weighted by molar-refractivity contribution is 7.87. The van der Waals surface area contributed by atoms with Crippen LogP contribution in [0.5, 0.6) is 0 Å². The predicted molar refractivity (Wildman–Crippen MR) is 95.1 cm³/mol. The summed E-state index contributed by atoms with van der Waals surface area (Å²) in [6, 6.07) is 7.57. The van der Waals surface area contributed by atoms with Crippen LogP contribution in [0.15, 0.2) is 30.3 Å². The maximum atomic E-state index is 14.7. The topological polar surface area (TPSA) is 75.7 Å². The van der Waals surface area contributed by atoms with Gasteiger partial charge in [-0.25, -0.2) is 13.5 Å². The molecule has 2 aliphatic rings. The number of hydrogen-bond donors (Lipinski definition) is 1. The van der Waals surface area contributed by atoms with Crippen molar-refractivity contribution in [3.63, 3.8) is 0 Å². The summed E-state index contributed by atoms with van der Waals surface area (Å²) in [5.41, 5.74) is 0.0755. The van der Waals surface area contributed by atoms with Gasteiger partial charge in [0, 0.05) is 28.9 Å². The predicted octanol–water partition coefficient (Wildman–Crippen LogP) is 3.43. The third kappa shape index (κ3) is 5.45. The van der Waals surface area contributed by atoms with E-state index in [1.807, 2.05) is 0 Å². The molecule has 0 aromatic heterocycles. The van der Waals surface area contributed by atoms with Gasteiger partial charge < -0.3 is 4.74 Å². The van der Waals surface area contributed by atoms with Crippen molar-refractivity contribution in [2.45, 2.75) is 50.7 Å². The van der Waals surface area contributed by atoms with Crippen molar-refractivity contribution in [1.29, 1.82) is 0 Å². The summed E-state index contributed by atoms with van der Waals surface area (Å²) >= 11 is 0. The van der Waals surface area contributed by atoms with Crippen LogP contribution in [0.3, 0.4) is 0 Å². The van der Waals surface area contributed by atoms with E-state index in [4.69, 9.17) is 4.74 Å². The van der Waals surface area contributed by atoms with Crippen LogP contribution in [0.2, 0.25) is 0 Å². The average molecular weight is 420 g/mol. The SMILES string of the molecule is O=C(NS(=O)(=O)N(F)C(OCC1CCC(F)(F)CC1)C1CC1)c1ccccc1. The minimum Gasteiger partial charge on any atom is -0.359 e. The molecule has 0 radical (unpaired) electrons. The Kier molecular flexibility index (Phi) is 6.31. The average Bonchev–Trinajstić information content (AvgIpc) is 3.48. The number of carbonyl (C=O) groups excluding carboxylic acids is 1. The fourth-order valence-corrected chi connectivity index (χ4v) is 4.13. The largest absolute Gasteiger partial charge is 0.359 e. The Hall–Kier alpha value is -1.65. The van der Waals surface area contributed by atoms with Crippen molar-refractivity contribution in [3.8, 4) is 0 Å². The lowest BCUT2D eigenvalue weighted by molar-refractivity contribution is -0.126. The number of nitrogens with zero attached hydrogens (tertiary/aromatic N) is 1. The molecule has 1 aromatic rings. The molecule has 0 aliphatic heterocycles. The first-order chi connectivity index (χ1) is 13.2. The first-order valence-corrected chi connectivity index (χ1v) is 10.7. The van der Waals surface area contributed by atoms with Gasteiger partial charge in [0.15, 0.2) is 6.23 Å². The number of alkyl halides is 2. The summed E-state index contributed by atoms with van der Waals surface area (Å²) in [5, 5.41) is 0. The molecule has 1 unspecified atom stereocenters. The summed E-state index contributed by atoms with van der Waals surface area (Å²) in [4.78, 5) is 12.0. The van der Waals surface area contributed by atoms with Gasteiger partial charge in [-0.05, 0) is 43.7 Å². The van der Waals surface area contributed by atoms with Gasteiger partial charge in [0.25, 0.3) is 5.91 Å². The van der Waals surface area contributed by atoms with Crippen molar-refractivity contribution in [2.75, 3.05) is 6.61 Å². The van der Waals surface area contributed by atoms with E-state index in [1.165, 1.54) is 12.1 Å². The third-order valence-corrected chi connectivity index (χ3v) is 6.16. The maximum Gasteiger partial charge on any atom is 0.333 e. The number of nitrogens with one attached hydrogen (secondary N) is 1. The lowest BCUT2D eigenvalue weighted by atomic mass is 9.87. The van der Waals surface area contributed by atoms with E-state index in [1.54, 1.807) is 22.9 Å². The van der Waals surface area contributed by atoms with Crippen molar-refractivity contribution >= 4 is 16.1 Å². The van der Waals surface area contributed by atoms with Gasteiger partial charge in [-0.2, -0.15) is 8.42 Å². The van der Waals surface area contributed by atoms with E-state index >= 15 is 0 Å². The van der Waals surface area contributed by atoms with E-state index in [0.717, 1.165) is 0 Å². The van der Waals surface area contributed by atoms with E-state index in [-0.39, 0.29) is 49.7 Å². The summed E-state index contributed by atoms with van der Waals surface area (Å²) in [6.07, 6.45) is -0.197. The van der Waals surface area contributed by atoms with Crippen LogP contribution in [0.1, 0.15) is 48.9 Å². The number of benzene rings is 1. The molecule has 1 atom stereocenters. The van der Waals surface area contributed by atoms with Crippen molar-refractivity contribution in [1.82, 2.24) is 9.25 Å². The van der Waals surface area contributed by atoms with E-state index in [2.05, 4.69) is 0 Å². The molecule has 10 heteroatoms. The first-order valence-electron chi connectivity index (χ1n) is 9.25. The zero-order valence-electron chi connectivity index (χ0n) is 15.2. The number of amides is 1. The van der Waals surface area contributed by atoms with E-state index < -0.39 is 32.8 Å². The number of ether oxygens (including phenoxy) is 1. The highest BCUT2D eigenvalue weighted by atomic mass is 32.2. The molecule has 2 saturated carbocycles. The summed E-state index contributed by atoms with van der Waals surface area (Å²) in [6.45, 7) is -0.000180. The van der Waals surface area contributed by atoms with Crippen LogP contribution in [-0.2, 0) is 14.9 Å². The normalized spacial score (nSPS) is 21.4. The highest BCUT2D eigenvalue weighted by Gasteiger charge is 2.44. The lowest BCUT2D eigenvalue weighted by Gasteiger charge is -2.30. The zero-order chi connectivity index (χ0) is 20.4. The second-order valence-corrected chi connectivity index (χ2v) is 8.91. The molecule has 1 amide bonds. The molecule has 0 spiro atoms. The Morgan fingerprint density at radius 1 is 1.18 bits per heavy atom. The molecule has 28 heavy (non-hydrogen) atoms. The number of rotatable bonds is 8. The Bertz CT molecular complexity index is 777. The van der Waals surface area contributed by atoms with Crippen LogP contribution < -0.4 is 4.72 Å². The molecule has 0 saturated heterocycles. The Balaban J connectivity index is 1.59. The Morgan fingerprint density at radius 3 is 2.36 bits per heavy atom. The second kappa shape index (κ2) is 8.38. The number of carbonyl (C=O) groups is 1. The van der Waals surface area contributed by atoms with Gasteiger partial charge >= 0.3 is 10.2 Å². The lowest BCUT2D eigenvalue weighted by Crippen LogP contribution is -2.46. The first kappa shape index (κ1) is 21.1. The summed E-state index contributed by atoms with van der Waals surface area (Å²) in [7, 11) is -4.76. The van der Waals surface area contributed by atoms with E-state index in [9.17, 15) is 26.5 Å². The molecule has 0 bridgehead atoms. The molecular weight excluding hydrogens is 397 g/mol. The smallest absolute Gasteiger partial charge is 0.333 e. The van der Waals surface area contributed by atoms with Gasteiger partial charge in [-0.3, -0.25) is 4.79 Å². The molecule has 0 heterocycles. The van der Waals surface area contributed by atoms with Gasteiger partial charge in [0.1, 0.15) is 0 Å². The van der Waals surface area contributed by atoms with Gasteiger partial charge in [0.05, 0.1) is 6.61 Å². The fourth-order valence-electron chi connectivity index (χ4n) is 3.19. The van der Waals surface area contributed by atoms with Crippen molar-refractivity contribution < 1.29 is 31.2 Å². The second-order valence-electron chi connectivity index (χ2n) is 7.40. The van der Waals surface area contributed by atoms with Crippen LogP contribution in [0.4, 0.5) is 13.3 Å². The molecule has 156 valence electrons. The monoisotopic (exact) mass is 420 g/mol. The summed E-state index contributed by atoms with van der Waals surface area (Å²) < 4.78 is 72.4. The number of hydrogen-bond acceptors (Lipinski definition) is 4. The highest BCUT2D eigenvalue weighted by Crippen LogP contribution is 2.39. The minimum absolute atomic E-state index is 0.000180. The molecule has 1 N–H and O–H groups in total. The number of halogens is 3. The third-order valence-electron chi connectivity index (χ3n) is 5.05. The quantitative estimate of drug-likeness (QED) is 0.517. The van der Waals surface area contributed by atoms with Crippen molar-refractivity contribution in [2.24, 2.45) is 11.8 Å². The van der Waals surface area contributed by atoms with Gasteiger partial charge in [-0.15, -0.1) is 4.48 Å². The Labute approximate surface area is 162 Å². The van der Waals surface area contributed by atoms with Gasteiger partial charge in [0.2, 0.25) is 5.92 Å². The fraction of sp³-hybridized carbons (Fsp3) is 0.611. The molecular formula is C18H23F3N2O4S. The van der Waals surface area contributed by atoms with Crippen LogP contribution >= 0.6 is 0 Å². The van der Waals surface area contributed by atoms with Crippen molar-refractivity contribution in [3.05, 3.63) is 35.9 Å². The van der Waals surface area contributed by atoms with Crippen LogP contribution in [0, 0.1) is 11.8 Å². The van der Waals surface area contributed by atoms with E-state index in [0.29, 0.717) is 12.8 Å². The summed E-state index contributed by atoms with van der Waals surface area (Å²) in [5.74, 6) is -4.12. The van der Waals surface area contributed by atoms with Crippen LogP contribution in [-0.4, -0.2) is 37.6 Å². The minimum atomic E-state index is -4.76. The molecule has 2 fully saturated rings. The standard InChI is InChI=1S/C18H23F3N2O4S/c19-18(20)10-8-13(9-11-18)12-27-17(15-6-7-15)23(21)28(25,26)22-16(24)14-4-2-1-3-5-14/h1-5,13,15,17H,6-12H2,(H,22,24). The molecule has 3 rings (SSSR count). The van der Waals surface area contributed by atoms with Crippen LogP contribution in [0.25, 0.3) is 0 Å². The molecule has 2 aliphatic carbocycles. The zero-order valence-corrected chi connectivity index (χ0v) is 16.0.